The molecular weight excluding hydrogens is 188 g/mol. The Morgan fingerprint density at radius 3 is 2.67 bits per heavy atom. The second-order valence-electron chi connectivity index (χ2n) is 3.89. The average Bonchev–Trinajstić information content (AvgIpc) is 2.30. The van der Waals surface area contributed by atoms with E-state index in [0.717, 1.165) is 18.4 Å². The molecule has 15 heavy (non-hydrogen) atoms. The van der Waals surface area contributed by atoms with Crippen molar-refractivity contribution in [3.8, 4) is 0 Å². The second-order valence-corrected chi connectivity index (χ2v) is 3.89. The van der Waals surface area contributed by atoms with Crippen molar-refractivity contribution < 1.29 is 9.90 Å². The molecule has 2 nitrogen and oxygen atoms in total. The Morgan fingerprint density at radius 1 is 1.27 bits per heavy atom. The van der Waals surface area contributed by atoms with Crippen molar-refractivity contribution >= 4 is 5.97 Å². The molecular formula is C13H14O2. The zero-order chi connectivity index (χ0) is 10.7. The Balaban J connectivity index is 2.29. The second kappa shape index (κ2) is 4.30. The highest BCUT2D eigenvalue weighted by molar-refractivity contribution is 5.72. The SMILES string of the molecule is O=C(O)[C@H]1CCC=C[C@H]1c1ccccc1. The lowest BCUT2D eigenvalue weighted by Crippen LogP contribution is -2.22. The van der Waals surface area contributed by atoms with Crippen LogP contribution in [0, 0.1) is 5.92 Å². The number of allylic oxidation sites excluding steroid dienone is 2. The summed E-state index contributed by atoms with van der Waals surface area (Å²) in [6, 6.07) is 9.85. The van der Waals surface area contributed by atoms with Gasteiger partial charge in [0.05, 0.1) is 5.92 Å². The Hall–Kier alpha value is -1.57. The smallest absolute Gasteiger partial charge is 0.307 e. The van der Waals surface area contributed by atoms with Crippen LogP contribution in [-0.2, 0) is 4.79 Å². The Kier molecular flexibility index (Phi) is 2.86. The van der Waals surface area contributed by atoms with Gasteiger partial charge in [-0.05, 0) is 18.4 Å². The predicted octanol–water partition coefficient (Wildman–Crippen LogP) is 2.82. The highest BCUT2D eigenvalue weighted by Crippen LogP contribution is 2.33. The summed E-state index contributed by atoms with van der Waals surface area (Å²) < 4.78 is 0. The van der Waals surface area contributed by atoms with Crippen LogP contribution in [0.3, 0.4) is 0 Å². The summed E-state index contributed by atoms with van der Waals surface area (Å²) in [7, 11) is 0. The predicted molar refractivity (Wildman–Crippen MR) is 58.7 cm³/mol. The van der Waals surface area contributed by atoms with Gasteiger partial charge in [-0.3, -0.25) is 4.79 Å². The normalized spacial score (nSPS) is 25.1. The van der Waals surface area contributed by atoms with Crippen LogP contribution in [0.25, 0.3) is 0 Å². The van der Waals surface area contributed by atoms with Gasteiger partial charge in [0.1, 0.15) is 0 Å². The lowest BCUT2D eigenvalue weighted by atomic mass is 9.80. The first-order valence-electron chi connectivity index (χ1n) is 5.23. The summed E-state index contributed by atoms with van der Waals surface area (Å²) in [6.07, 6.45) is 5.72. The lowest BCUT2D eigenvalue weighted by molar-refractivity contribution is -0.142. The molecule has 0 saturated heterocycles. The Bertz CT molecular complexity index is 367. The van der Waals surface area contributed by atoms with Gasteiger partial charge in [0.15, 0.2) is 0 Å². The summed E-state index contributed by atoms with van der Waals surface area (Å²) >= 11 is 0. The number of carboxylic acid groups (broad SMARTS) is 1. The minimum absolute atomic E-state index is 0.0393. The molecule has 0 bridgehead atoms. The number of hydrogen-bond acceptors (Lipinski definition) is 1. The summed E-state index contributed by atoms with van der Waals surface area (Å²) in [5.41, 5.74) is 1.10. The lowest BCUT2D eigenvalue weighted by Gasteiger charge is -2.24. The molecule has 0 spiro atoms. The third-order valence-electron chi connectivity index (χ3n) is 2.92. The van der Waals surface area contributed by atoms with Crippen molar-refractivity contribution in [2.45, 2.75) is 18.8 Å². The fourth-order valence-electron chi connectivity index (χ4n) is 2.13. The number of hydrogen-bond donors (Lipinski definition) is 1. The zero-order valence-corrected chi connectivity index (χ0v) is 8.47. The largest absolute Gasteiger partial charge is 0.481 e. The highest BCUT2D eigenvalue weighted by Gasteiger charge is 2.28. The molecule has 1 aliphatic rings. The molecule has 1 aromatic carbocycles. The molecule has 0 radical (unpaired) electrons. The van der Waals surface area contributed by atoms with Gasteiger partial charge in [-0.15, -0.1) is 0 Å². The maximum atomic E-state index is 11.1. The molecule has 0 aromatic heterocycles. The van der Waals surface area contributed by atoms with E-state index in [4.69, 9.17) is 5.11 Å². The maximum Gasteiger partial charge on any atom is 0.307 e. The molecule has 0 amide bonds. The van der Waals surface area contributed by atoms with Gasteiger partial charge in [0.25, 0.3) is 0 Å². The van der Waals surface area contributed by atoms with Crippen LogP contribution in [0.2, 0.25) is 0 Å². The fraction of sp³-hybridized carbons (Fsp3) is 0.308. The van der Waals surface area contributed by atoms with E-state index in [-0.39, 0.29) is 11.8 Å². The number of benzene rings is 1. The molecule has 0 unspecified atom stereocenters. The molecule has 0 heterocycles. The molecule has 2 heteroatoms. The van der Waals surface area contributed by atoms with Crippen LogP contribution >= 0.6 is 0 Å². The number of rotatable bonds is 2. The van der Waals surface area contributed by atoms with Crippen LogP contribution in [-0.4, -0.2) is 11.1 Å². The van der Waals surface area contributed by atoms with Gasteiger partial charge in [0, 0.05) is 5.92 Å². The standard InChI is InChI=1S/C13H14O2/c14-13(15)12-9-5-4-8-11(12)10-6-2-1-3-7-10/h1-4,6-8,11-12H,5,9H2,(H,14,15)/t11-,12-/m0/s1. The van der Waals surface area contributed by atoms with Gasteiger partial charge >= 0.3 is 5.97 Å². The summed E-state index contributed by atoms with van der Waals surface area (Å²) in [5, 5.41) is 9.14. The van der Waals surface area contributed by atoms with E-state index >= 15 is 0 Å². The Morgan fingerprint density at radius 2 is 2.00 bits per heavy atom. The van der Waals surface area contributed by atoms with Crippen molar-refractivity contribution in [1.82, 2.24) is 0 Å². The van der Waals surface area contributed by atoms with E-state index < -0.39 is 5.97 Å². The minimum atomic E-state index is -0.687. The van der Waals surface area contributed by atoms with Gasteiger partial charge in [-0.1, -0.05) is 42.5 Å². The van der Waals surface area contributed by atoms with E-state index in [1.165, 1.54) is 0 Å². The van der Waals surface area contributed by atoms with Crippen molar-refractivity contribution in [3.63, 3.8) is 0 Å². The summed E-state index contributed by atoms with van der Waals surface area (Å²) in [5.74, 6) is -0.914. The first-order chi connectivity index (χ1) is 7.29. The van der Waals surface area contributed by atoms with E-state index in [2.05, 4.69) is 6.08 Å². The van der Waals surface area contributed by atoms with Gasteiger partial charge in [-0.25, -0.2) is 0 Å². The molecule has 0 fully saturated rings. The molecule has 2 rings (SSSR count). The van der Waals surface area contributed by atoms with Crippen molar-refractivity contribution in [3.05, 3.63) is 48.0 Å². The van der Waals surface area contributed by atoms with Crippen LogP contribution in [0.4, 0.5) is 0 Å². The van der Waals surface area contributed by atoms with Crippen molar-refractivity contribution in [2.24, 2.45) is 5.92 Å². The van der Waals surface area contributed by atoms with E-state index in [9.17, 15) is 4.79 Å². The monoisotopic (exact) mass is 202 g/mol. The van der Waals surface area contributed by atoms with Crippen molar-refractivity contribution in [1.29, 1.82) is 0 Å². The number of carboxylic acids is 1. The topological polar surface area (TPSA) is 37.3 Å². The number of aliphatic carboxylic acids is 1. The highest BCUT2D eigenvalue weighted by atomic mass is 16.4. The quantitative estimate of drug-likeness (QED) is 0.749. The molecule has 1 N–H and O–H groups in total. The van der Waals surface area contributed by atoms with Crippen molar-refractivity contribution in [2.75, 3.05) is 0 Å². The average molecular weight is 202 g/mol. The van der Waals surface area contributed by atoms with E-state index in [1.807, 2.05) is 36.4 Å². The van der Waals surface area contributed by atoms with E-state index in [0.29, 0.717) is 0 Å². The Labute approximate surface area is 89.2 Å². The molecule has 1 aromatic rings. The van der Waals surface area contributed by atoms with Gasteiger partial charge < -0.3 is 5.11 Å². The number of carbonyl (C=O) groups is 1. The first-order valence-corrected chi connectivity index (χ1v) is 5.23. The third kappa shape index (κ3) is 2.09. The molecule has 0 aliphatic heterocycles. The molecule has 2 atom stereocenters. The first kappa shape index (κ1) is 9.97. The van der Waals surface area contributed by atoms with Crippen LogP contribution in [0.5, 0.6) is 0 Å². The molecule has 78 valence electrons. The molecule has 0 saturated carbocycles. The van der Waals surface area contributed by atoms with Crippen LogP contribution in [0.15, 0.2) is 42.5 Å². The maximum absolute atomic E-state index is 11.1. The van der Waals surface area contributed by atoms with Crippen LogP contribution < -0.4 is 0 Å². The summed E-state index contributed by atoms with van der Waals surface area (Å²) in [6.45, 7) is 0. The van der Waals surface area contributed by atoms with E-state index in [1.54, 1.807) is 0 Å². The third-order valence-corrected chi connectivity index (χ3v) is 2.92. The van der Waals surface area contributed by atoms with Gasteiger partial charge in [-0.2, -0.15) is 0 Å². The fourth-order valence-corrected chi connectivity index (χ4v) is 2.13. The van der Waals surface area contributed by atoms with Crippen LogP contribution in [0.1, 0.15) is 24.3 Å². The molecule has 1 aliphatic carbocycles. The summed E-state index contributed by atoms with van der Waals surface area (Å²) in [4.78, 5) is 11.1. The van der Waals surface area contributed by atoms with Gasteiger partial charge in [0.2, 0.25) is 0 Å². The minimum Gasteiger partial charge on any atom is -0.481 e. The zero-order valence-electron chi connectivity index (χ0n) is 8.47.